The lowest BCUT2D eigenvalue weighted by atomic mass is 10.0. The Hall–Kier alpha value is -2.86. The lowest BCUT2D eigenvalue weighted by Crippen LogP contribution is -2.26. The number of nitrogens with one attached hydrogen (secondary N) is 1. The molecule has 4 rings (SSSR count). The van der Waals surface area contributed by atoms with E-state index in [4.69, 9.17) is 11.6 Å². The van der Waals surface area contributed by atoms with Crippen molar-refractivity contribution in [3.05, 3.63) is 94.8 Å². The fourth-order valence-corrected chi connectivity index (χ4v) is 3.56. The number of rotatable bonds is 6. The van der Waals surface area contributed by atoms with Crippen molar-refractivity contribution in [2.75, 3.05) is 6.54 Å². The Morgan fingerprint density at radius 1 is 1.03 bits per heavy atom. The highest BCUT2D eigenvalue weighted by Gasteiger charge is 2.20. The summed E-state index contributed by atoms with van der Waals surface area (Å²) in [6.07, 6.45) is 6.91. The van der Waals surface area contributed by atoms with Gasteiger partial charge in [0.05, 0.1) is 0 Å². The van der Waals surface area contributed by atoms with Crippen LogP contribution in [0.2, 0.25) is 5.02 Å². The average Bonchev–Trinajstić information content (AvgIpc) is 3.62. The van der Waals surface area contributed by atoms with Gasteiger partial charge in [0, 0.05) is 28.4 Å². The Morgan fingerprint density at radius 2 is 1.74 bits per heavy atom. The van der Waals surface area contributed by atoms with Crippen LogP contribution in [0, 0.1) is 17.8 Å². The number of benzene rings is 2. The summed E-state index contributed by atoms with van der Waals surface area (Å²) in [5, 5.41) is 4.33. The van der Waals surface area contributed by atoms with Crippen LogP contribution in [-0.2, 0) is 0 Å². The van der Waals surface area contributed by atoms with Crippen LogP contribution in [0.3, 0.4) is 0 Å². The predicted octanol–water partition coefficient (Wildman–Crippen LogP) is 6.59. The minimum absolute atomic E-state index is 0.391. The molecule has 31 heavy (non-hydrogen) atoms. The molecule has 2 aromatic carbocycles. The number of allylic oxidation sites excluding steroid dienone is 1. The second-order valence-electron chi connectivity index (χ2n) is 8.26. The molecule has 0 aliphatic heterocycles. The number of aromatic nitrogens is 1. The first-order valence-corrected chi connectivity index (χ1v) is 11.2. The van der Waals surface area contributed by atoms with E-state index in [1.54, 1.807) is 0 Å². The smallest absolute Gasteiger partial charge is 0.113 e. The molecule has 1 aliphatic carbocycles. The van der Waals surface area contributed by atoms with E-state index in [-0.39, 0.29) is 0 Å². The van der Waals surface area contributed by atoms with Crippen molar-refractivity contribution < 1.29 is 0 Å². The van der Waals surface area contributed by atoms with Gasteiger partial charge in [0.15, 0.2) is 0 Å². The molecular weight excluding hydrogens is 400 g/mol. The molecule has 1 atom stereocenters. The lowest BCUT2D eigenvalue weighted by Gasteiger charge is -2.11. The Balaban J connectivity index is 1.38. The van der Waals surface area contributed by atoms with Gasteiger partial charge in [0.2, 0.25) is 0 Å². The molecule has 0 radical (unpaired) electrons. The zero-order valence-corrected chi connectivity index (χ0v) is 18.8. The molecule has 0 unspecified atom stereocenters. The fraction of sp³-hybridized carbons (Fsp3) is 0.250. The zero-order valence-electron chi connectivity index (χ0n) is 18.0. The molecule has 1 N–H and O–H groups in total. The molecule has 1 fully saturated rings. The number of halogens is 1. The van der Waals surface area contributed by atoms with Crippen molar-refractivity contribution in [3.63, 3.8) is 0 Å². The summed E-state index contributed by atoms with van der Waals surface area (Å²) in [7, 11) is 0. The van der Waals surface area contributed by atoms with E-state index < -0.39 is 0 Å². The molecule has 0 saturated heterocycles. The first-order chi connectivity index (χ1) is 15.1. The molecule has 3 aromatic rings. The topological polar surface area (TPSA) is 24.9 Å². The van der Waals surface area contributed by atoms with Crippen LogP contribution in [0.5, 0.6) is 0 Å². The van der Waals surface area contributed by atoms with Crippen LogP contribution in [0.1, 0.15) is 43.5 Å². The van der Waals surface area contributed by atoms with Gasteiger partial charge in [-0.05, 0) is 92.1 Å². The minimum Gasteiger partial charge on any atom is -0.311 e. The fourth-order valence-electron chi connectivity index (χ4n) is 3.44. The van der Waals surface area contributed by atoms with Gasteiger partial charge in [-0.2, -0.15) is 0 Å². The minimum atomic E-state index is 0.391. The normalized spacial score (nSPS) is 14.6. The van der Waals surface area contributed by atoms with Gasteiger partial charge in [-0.25, -0.2) is 4.98 Å². The summed E-state index contributed by atoms with van der Waals surface area (Å²) in [6.45, 7) is 5.52. The number of nitrogens with zero attached hydrogens (tertiary/aromatic N) is 1. The lowest BCUT2D eigenvalue weighted by molar-refractivity contribution is 0.596. The molecule has 3 heteroatoms. The molecule has 0 amide bonds. The molecule has 1 aromatic heterocycles. The maximum atomic E-state index is 5.96. The molecule has 1 saturated carbocycles. The van der Waals surface area contributed by atoms with Crippen LogP contribution in [0.4, 0.5) is 0 Å². The monoisotopic (exact) mass is 426 g/mol. The zero-order chi connectivity index (χ0) is 21.6. The van der Waals surface area contributed by atoms with Gasteiger partial charge in [-0.1, -0.05) is 53.9 Å². The van der Waals surface area contributed by atoms with Crippen LogP contribution >= 0.6 is 11.6 Å². The third-order valence-electron chi connectivity index (χ3n) is 5.54. The number of hydrogen-bond acceptors (Lipinski definition) is 2. The van der Waals surface area contributed by atoms with Gasteiger partial charge in [0.25, 0.3) is 0 Å². The van der Waals surface area contributed by atoms with Crippen molar-refractivity contribution in [1.29, 1.82) is 0 Å². The quantitative estimate of drug-likeness (QED) is 0.449. The second kappa shape index (κ2) is 9.96. The van der Waals surface area contributed by atoms with Crippen molar-refractivity contribution in [2.45, 2.75) is 32.7 Å². The van der Waals surface area contributed by atoms with Gasteiger partial charge in [0.1, 0.15) is 5.69 Å². The van der Waals surface area contributed by atoms with E-state index >= 15 is 0 Å². The highest BCUT2D eigenvalue weighted by Crippen LogP contribution is 2.27. The first kappa shape index (κ1) is 21.4. The Morgan fingerprint density at radius 3 is 2.39 bits per heavy atom. The molecule has 156 valence electrons. The largest absolute Gasteiger partial charge is 0.311 e. The summed E-state index contributed by atoms with van der Waals surface area (Å²) in [5.41, 5.74) is 6.40. The highest BCUT2D eigenvalue weighted by molar-refractivity contribution is 6.30. The van der Waals surface area contributed by atoms with Crippen molar-refractivity contribution in [1.82, 2.24) is 10.3 Å². The Kier molecular flexibility index (Phi) is 6.87. The molecule has 1 heterocycles. The van der Waals surface area contributed by atoms with Gasteiger partial charge >= 0.3 is 0 Å². The average molecular weight is 427 g/mol. The SMILES string of the molecule is C/C(=C/[C@H](C)NCC1CC1)c1ccc(C#Cc2ccc(-c3ccc(Cl)cc3)cn2)cc1. The number of pyridine rings is 1. The van der Waals surface area contributed by atoms with E-state index in [1.807, 2.05) is 42.6 Å². The van der Waals surface area contributed by atoms with Gasteiger partial charge < -0.3 is 5.32 Å². The summed E-state index contributed by atoms with van der Waals surface area (Å²) in [5.74, 6) is 7.27. The Labute approximate surface area is 190 Å². The molecular formula is C28H27ClN2. The van der Waals surface area contributed by atoms with Crippen LogP contribution in [-0.4, -0.2) is 17.6 Å². The number of hydrogen-bond donors (Lipinski definition) is 1. The summed E-state index contributed by atoms with van der Waals surface area (Å²) < 4.78 is 0. The van der Waals surface area contributed by atoms with E-state index in [9.17, 15) is 0 Å². The van der Waals surface area contributed by atoms with Crippen molar-refractivity contribution in [2.24, 2.45) is 5.92 Å². The van der Waals surface area contributed by atoms with Crippen molar-refractivity contribution in [3.8, 4) is 23.0 Å². The predicted molar refractivity (Wildman–Crippen MR) is 131 cm³/mol. The third-order valence-corrected chi connectivity index (χ3v) is 5.79. The molecule has 1 aliphatic rings. The maximum absolute atomic E-state index is 5.96. The summed E-state index contributed by atoms with van der Waals surface area (Å²) >= 11 is 5.96. The van der Waals surface area contributed by atoms with E-state index in [1.165, 1.54) is 24.0 Å². The summed E-state index contributed by atoms with van der Waals surface area (Å²) in [6, 6.07) is 20.6. The first-order valence-electron chi connectivity index (χ1n) is 10.8. The van der Waals surface area contributed by atoms with Gasteiger partial charge in [-0.3, -0.25) is 0 Å². The van der Waals surface area contributed by atoms with Crippen LogP contribution in [0.25, 0.3) is 16.7 Å². The Bertz CT molecular complexity index is 1100. The van der Waals surface area contributed by atoms with Gasteiger partial charge in [-0.15, -0.1) is 0 Å². The highest BCUT2D eigenvalue weighted by atomic mass is 35.5. The van der Waals surface area contributed by atoms with Crippen LogP contribution < -0.4 is 5.32 Å². The molecule has 0 spiro atoms. The standard InChI is InChI=1S/C28H27ClN2/c1-20(17-21(2)30-18-23-3-4-23)24-8-5-22(6-9-24)7-15-28-16-12-26(19-31-28)25-10-13-27(29)14-11-25/h5-6,8-14,16-17,19,21,23,30H,3-4,18H2,1-2H3/b20-17-/t21-/m0/s1. The van der Waals surface area contributed by atoms with E-state index in [0.717, 1.165) is 39.9 Å². The second-order valence-corrected chi connectivity index (χ2v) is 8.69. The third kappa shape index (κ3) is 6.31. The summed E-state index contributed by atoms with van der Waals surface area (Å²) in [4.78, 5) is 4.48. The van der Waals surface area contributed by atoms with E-state index in [0.29, 0.717) is 6.04 Å². The van der Waals surface area contributed by atoms with Crippen molar-refractivity contribution >= 4 is 17.2 Å². The maximum Gasteiger partial charge on any atom is 0.113 e. The van der Waals surface area contributed by atoms with Crippen LogP contribution in [0.15, 0.2) is 72.9 Å². The molecule has 2 nitrogen and oxygen atoms in total. The van der Waals surface area contributed by atoms with E-state index in [2.05, 4.69) is 66.3 Å². The molecule has 0 bridgehead atoms.